The first-order valence-corrected chi connectivity index (χ1v) is 9.72. The molecular weight excluding hydrogens is 413 g/mol. The van der Waals surface area contributed by atoms with E-state index >= 15 is 0 Å². The number of sulfonamides is 1. The minimum absolute atomic E-state index is 0.114. The van der Waals surface area contributed by atoms with Crippen LogP contribution in [-0.2, 0) is 15.8 Å². The van der Waals surface area contributed by atoms with Gasteiger partial charge in [-0.15, -0.1) is 13.2 Å². The zero-order valence-corrected chi connectivity index (χ0v) is 15.7. The SMILES string of the molecule is Cc1cc(OC(F)(F)F)ccc1NS(=O)(=O)Cc1ccn2ncc(C(N)=O)c2c1. The smallest absolute Gasteiger partial charge is 0.406 e. The van der Waals surface area contributed by atoms with E-state index in [1.165, 1.54) is 42.0 Å². The van der Waals surface area contributed by atoms with Crippen LogP contribution >= 0.6 is 0 Å². The molecular formula is C17H15F3N4O4S. The summed E-state index contributed by atoms with van der Waals surface area (Å²) in [6, 6.07) is 6.24. The average molecular weight is 428 g/mol. The van der Waals surface area contributed by atoms with E-state index in [4.69, 9.17) is 5.73 Å². The van der Waals surface area contributed by atoms with Crippen LogP contribution < -0.4 is 15.2 Å². The number of alkyl halides is 3. The molecule has 0 spiro atoms. The van der Waals surface area contributed by atoms with Gasteiger partial charge in [0.25, 0.3) is 5.91 Å². The quantitative estimate of drug-likeness (QED) is 0.626. The monoisotopic (exact) mass is 428 g/mol. The van der Waals surface area contributed by atoms with Crippen LogP contribution in [0.15, 0.2) is 42.7 Å². The van der Waals surface area contributed by atoms with Gasteiger partial charge in [-0.05, 0) is 48.4 Å². The number of anilines is 1. The first-order valence-electron chi connectivity index (χ1n) is 8.06. The second kappa shape index (κ2) is 7.28. The zero-order valence-electron chi connectivity index (χ0n) is 14.9. The molecule has 1 amide bonds. The summed E-state index contributed by atoms with van der Waals surface area (Å²) in [5.74, 6) is -1.59. The number of nitrogens with zero attached hydrogens (tertiary/aromatic N) is 2. The maximum absolute atomic E-state index is 12.5. The van der Waals surface area contributed by atoms with Gasteiger partial charge in [0, 0.05) is 6.20 Å². The van der Waals surface area contributed by atoms with Gasteiger partial charge in [0.05, 0.1) is 28.7 Å². The van der Waals surface area contributed by atoms with Crippen LogP contribution in [0.4, 0.5) is 18.9 Å². The van der Waals surface area contributed by atoms with Crippen molar-refractivity contribution in [3.8, 4) is 5.75 Å². The molecule has 3 rings (SSSR count). The molecule has 2 aromatic heterocycles. The number of halogens is 3. The van der Waals surface area contributed by atoms with E-state index in [2.05, 4.69) is 14.6 Å². The van der Waals surface area contributed by atoms with Gasteiger partial charge in [0.1, 0.15) is 5.75 Å². The summed E-state index contributed by atoms with van der Waals surface area (Å²) in [5.41, 5.74) is 6.50. The number of nitrogens with two attached hydrogens (primary N) is 1. The van der Waals surface area contributed by atoms with Gasteiger partial charge < -0.3 is 10.5 Å². The first kappa shape index (κ1) is 20.5. The Labute approximate surface area is 163 Å². The third-order valence-corrected chi connectivity index (χ3v) is 5.15. The van der Waals surface area contributed by atoms with Crippen molar-refractivity contribution in [1.82, 2.24) is 9.61 Å². The average Bonchev–Trinajstić information content (AvgIpc) is 2.99. The lowest BCUT2D eigenvalue weighted by Gasteiger charge is -2.13. The summed E-state index contributed by atoms with van der Waals surface area (Å²) >= 11 is 0. The van der Waals surface area contributed by atoms with E-state index in [-0.39, 0.29) is 16.8 Å². The number of amides is 1. The van der Waals surface area contributed by atoms with Crippen LogP contribution in [0.25, 0.3) is 5.52 Å². The molecule has 0 atom stereocenters. The molecule has 0 aliphatic carbocycles. The summed E-state index contributed by atoms with van der Waals surface area (Å²) in [6.45, 7) is 1.44. The predicted molar refractivity (Wildman–Crippen MR) is 97.8 cm³/mol. The van der Waals surface area contributed by atoms with E-state index in [0.29, 0.717) is 11.1 Å². The van der Waals surface area contributed by atoms with Gasteiger partial charge in [-0.3, -0.25) is 9.52 Å². The van der Waals surface area contributed by atoms with Crippen LogP contribution in [0.5, 0.6) is 5.75 Å². The third-order valence-electron chi connectivity index (χ3n) is 3.90. The van der Waals surface area contributed by atoms with Gasteiger partial charge in [-0.2, -0.15) is 5.10 Å². The minimum Gasteiger partial charge on any atom is -0.406 e. The molecule has 3 aromatic rings. The summed E-state index contributed by atoms with van der Waals surface area (Å²) < 4.78 is 69.3. The van der Waals surface area contributed by atoms with Crippen molar-refractivity contribution in [2.75, 3.05) is 4.72 Å². The Morgan fingerprint density at radius 2 is 2.00 bits per heavy atom. The Kier molecular flexibility index (Phi) is 5.13. The van der Waals surface area contributed by atoms with Crippen molar-refractivity contribution >= 4 is 27.1 Å². The van der Waals surface area contributed by atoms with Crippen molar-refractivity contribution < 1.29 is 31.1 Å². The van der Waals surface area contributed by atoms with Crippen molar-refractivity contribution in [3.05, 3.63) is 59.4 Å². The van der Waals surface area contributed by atoms with E-state index in [1.54, 1.807) is 0 Å². The van der Waals surface area contributed by atoms with Gasteiger partial charge in [0.2, 0.25) is 10.0 Å². The number of hydrogen-bond acceptors (Lipinski definition) is 5. The fraction of sp³-hybridized carbons (Fsp3) is 0.176. The second-order valence-corrected chi connectivity index (χ2v) is 7.90. The Hall–Kier alpha value is -3.28. The topological polar surface area (TPSA) is 116 Å². The van der Waals surface area contributed by atoms with E-state index in [1.807, 2.05) is 0 Å². The molecule has 0 fully saturated rings. The lowest BCUT2D eigenvalue weighted by Crippen LogP contribution is -2.18. The van der Waals surface area contributed by atoms with Gasteiger partial charge in [-0.25, -0.2) is 12.9 Å². The Morgan fingerprint density at radius 1 is 1.28 bits per heavy atom. The first-order chi connectivity index (χ1) is 13.4. The number of rotatable bonds is 6. The van der Waals surface area contributed by atoms with Gasteiger partial charge in [0.15, 0.2) is 0 Å². The number of ether oxygens (including phenoxy) is 1. The van der Waals surface area contributed by atoms with Crippen LogP contribution in [-0.4, -0.2) is 30.3 Å². The number of benzene rings is 1. The van der Waals surface area contributed by atoms with Crippen molar-refractivity contribution in [3.63, 3.8) is 0 Å². The summed E-state index contributed by atoms with van der Waals surface area (Å²) in [7, 11) is -3.90. The maximum Gasteiger partial charge on any atom is 0.573 e. The van der Waals surface area contributed by atoms with Crippen LogP contribution in [0.3, 0.4) is 0 Å². The molecule has 154 valence electrons. The highest BCUT2D eigenvalue weighted by Crippen LogP contribution is 2.27. The number of hydrogen-bond donors (Lipinski definition) is 2. The van der Waals surface area contributed by atoms with E-state index < -0.39 is 33.8 Å². The van der Waals surface area contributed by atoms with Crippen molar-refractivity contribution in [1.29, 1.82) is 0 Å². The fourth-order valence-corrected chi connectivity index (χ4v) is 3.93. The number of fused-ring (bicyclic) bond motifs is 1. The molecule has 29 heavy (non-hydrogen) atoms. The van der Waals surface area contributed by atoms with E-state index in [9.17, 15) is 26.4 Å². The number of aryl methyl sites for hydroxylation is 1. The zero-order chi connectivity index (χ0) is 21.4. The number of primary amides is 1. The molecule has 0 unspecified atom stereocenters. The summed E-state index contributed by atoms with van der Waals surface area (Å²) in [4.78, 5) is 11.4. The lowest BCUT2D eigenvalue weighted by molar-refractivity contribution is -0.274. The number of carbonyl (C=O) groups excluding carboxylic acids is 1. The fourth-order valence-electron chi connectivity index (χ4n) is 2.67. The van der Waals surface area contributed by atoms with Crippen molar-refractivity contribution in [2.45, 2.75) is 19.0 Å². The highest BCUT2D eigenvalue weighted by Gasteiger charge is 2.31. The molecule has 0 bridgehead atoms. The molecule has 12 heteroatoms. The minimum atomic E-state index is -4.84. The second-order valence-electron chi connectivity index (χ2n) is 6.17. The highest BCUT2D eigenvalue weighted by atomic mass is 32.2. The van der Waals surface area contributed by atoms with Crippen LogP contribution in [0, 0.1) is 6.92 Å². The number of nitrogens with one attached hydrogen (secondary N) is 1. The molecule has 0 aliphatic rings. The maximum atomic E-state index is 12.5. The molecule has 0 saturated carbocycles. The van der Waals surface area contributed by atoms with Crippen LogP contribution in [0.2, 0.25) is 0 Å². The normalized spacial score (nSPS) is 12.1. The lowest BCUT2D eigenvalue weighted by atomic mass is 10.2. The van der Waals surface area contributed by atoms with Gasteiger partial charge >= 0.3 is 6.36 Å². The molecule has 0 saturated heterocycles. The molecule has 2 heterocycles. The predicted octanol–water partition coefficient (Wildman–Crippen LogP) is 2.58. The Bertz CT molecular complexity index is 1190. The molecule has 1 aromatic carbocycles. The largest absolute Gasteiger partial charge is 0.573 e. The summed E-state index contributed by atoms with van der Waals surface area (Å²) in [6.07, 6.45) is -2.08. The number of carbonyl (C=O) groups is 1. The molecule has 3 N–H and O–H groups in total. The third kappa shape index (κ3) is 4.96. The Balaban J connectivity index is 1.81. The number of pyridine rings is 1. The van der Waals surface area contributed by atoms with Crippen molar-refractivity contribution in [2.24, 2.45) is 5.73 Å². The molecule has 8 nitrogen and oxygen atoms in total. The van der Waals surface area contributed by atoms with Gasteiger partial charge in [-0.1, -0.05) is 0 Å². The standard InChI is InChI=1S/C17H15F3N4O4S/c1-10-6-12(28-17(18,19)20)2-3-14(10)23-29(26,27)9-11-4-5-24-15(7-11)13(8-22-24)16(21)25/h2-8,23H,9H2,1H3,(H2,21,25). The van der Waals surface area contributed by atoms with Crippen LogP contribution in [0.1, 0.15) is 21.5 Å². The summed E-state index contributed by atoms with van der Waals surface area (Å²) in [5, 5.41) is 3.95. The highest BCUT2D eigenvalue weighted by molar-refractivity contribution is 7.91. The molecule has 0 aliphatic heterocycles. The molecule has 0 radical (unpaired) electrons. The van der Waals surface area contributed by atoms with E-state index in [0.717, 1.165) is 12.1 Å². The Morgan fingerprint density at radius 3 is 2.62 bits per heavy atom. The number of aromatic nitrogens is 2.